The zero-order valence-electron chi connectivity index (χ0n) is 17.8. The Kier molecular flexibility index (Phi) is 12.1. The number of ether oxygens (including phenoxy) is 4. The first-order chi connectivity index (χ1) is 14.3. The van der Waals surface area contributed by atoms with Gasteiger partial charge in [0.15, 0.2) is 5.96 Å². The molecule has 0 atom stereocenters. The van der Waals surface area contributed by atoms with Gasteiger partial charge in [-0.1, -0.05) is 6.07 Å². The number of pyridine rings is 1. The summed E-state index contributed by atoms with van der Waals surface area (Å²) in [5.74, 6) is 2.03. The van der Waals surface area contributed by atoms with Crippen molar-refractivity contribution >= 4 is 5.96 Å². The second kappa shape index (κ2) is 15.0. The molecule has 0 amide bonds. The molecular formula is C21H36N4O4. The van der Waals surface area contributed by atoms with E-state index >= 15 is 0 Å². The first kappa shape index (κ1) is 23.4. The van der Waals surface area contributed by atoms with Crippen LogP contribution in [0, 0.1) is 5.92 Å². The van der Waals surface area contributed by atoms with Crippen molar-refractivity contribution < 1.29 is 18.9 Å². The number of rotatable bonds is 13. The topological polar surface area (TPSA) is 86.2 Å². The van der Waals surface area contributed by atoms with Gasteiger partial charge in [-0.3, -0.25) is 0 Å². The minimum Gasteiger partial charge on any atom is -0.475 e. The average Bonchev–Trinajstić information content (AvgIpc) is 2.76. The van der Waals surface area contributed by atoms with E-state index in [9.17, 15) is 0 Å². The van der Waals surface area contributed by atoms with Gasteiger partial charge in [0.25, 0.3) is 0 Å². The Labute approximate surface area is 174 Å². The van der Waals surface area contributed by atoms with Crippen LogP contribution in [0.25, 0.3) is 0 Å². The van der Waals surface area contributed by atoms with Crippen LogP contribution in [0.5, 0.6) is 5.88 Å². The molecule has 2 heterocycles. The van der Waals surface area contributed by atoms with Gasteiger partial charge in [-0.15, -0.1) is 0 Å². The molecular weight excluding hydrogens is 372 g/mol. The van der Waals surface area contributed by atoms with Crippen molar-refractivity contribution in [2.24, 2.45) is 10.9 Å². The Morgan fingerprint density at radius 1 is 1.24 bits per heavy atom. The minimum absolute atomic E-state index is 0.469. The van der Waals surface area contributed by atoms with E-state index in [1.807, 2.05) is 12.1 Å². The molecule has 1 aliphatic heterocycles. The number of nitrogens with one attached hydrogen (secondary N) is 2. The van der Waals surface area contributed by atoms with Crippen LogP contribution in [0.4, 0.5) is 0 Å². The highest BCUT2D eigenvalue weighted by atomic mass is 16.5. The summed E-state index contributed by atoms with van der Waals surface area (Å²) in [5.41, 5.74) is 0.945. The number of methoxy groups -OCH3 is 1. The third-order valence-corrected chi connectivity index (χ3v) is 4.58. The first-order valence-electron chi connectivity index (χ1n) is 10.6. The normalized spacial score (nSPS) is 15.3. The molecule has 0 unspecified atom stereocenters. The van der Waals surface area contributed by atoms with Crippen LogP contribution in [0.3, 0.4) is 0 Å². The molecule has 8 heteroatoms. The van der Waals surface area contributed by atoms with Crippen molar-refractivity contribution in [2.45, 2.75) is 32.7 Å². The van der Waals surface area contributed by atoms with Gasteiger partial charge in [-0.25, -0.2) is 9.98 Å². The Morgan fingerprint density at radius 3 is 2.90 bits per heavy atom. The number of guanidine groups is 1. The lowest BCUT2D eigenvalue weighted by atomic mass is 10.0. The number of hydrogen-bond acceptors (Lipinski definition) is 6. The van der Waals surface area contributed by atoms with Crippen LogP contribution in [0.15, 0.2) is 23.3 Å². The smallest absolute Gasteiger partial charge is 0.218 e. The van der Waals surface area contributed by atoms with E-state index in [4.69, 9.17) is 18.9 Å². The Morgan fingerprint density at radius 2 is 2.10 bits per heavy atom. The van der Waals surface area contributed by atoms with Gasteiger partial charge in [-0.05, 0) is 38.2 Å². The first-order valence-corrected chi connectivity index (χ1v) is 10.6. The highest BCUT2D eigenvalue weighted by molar-refractivity contribution is 5.79. The molecule has 0 aliphatic carbocycles. The molecule has 2 rings (SSSR count). The molecule has 0 bridgehead atoms. The van der Waals surface area contributed by atoms with Crippen molar-refractivity contribution in [2.75, 3.05) is 59.8 Å². The van der Waals surface area contributed by atoms with E-state index in [-0.39, 0.29) is 0 Å². The van der Waals surface area contributed by atoms with Gasteiger partial charge >= 0.3 is 0 Å². The van der Waals surface area contributed by atoms with Crippen molar-refractivity contribution in [1.29, 1.82) is 0 Å². The summed E-state index contributed by atoms with van der Waals surface area (Å²) in [6, 6.07) is 3.87. The summed E-state index contributed by atoms with van der Waals surface area (Å²) < 4.78 is 21.9. The zero-order chi connectivity index (χ0) is 20.6. The number of hydrogen-bond donors (Lipinski definition) is 2. The van der Waals surface area contributed by atoms with Gasteiger partial charge in [-0.2, -0.15) is 0 Å². The second-order valence-electron chi connectivity index (χ2n) is 6.92. The standard InChI is InChI=1S/C21H36N4O4/c1-3-22-21(24-10-5-11-28-17-18-7-12-27-13-8-18)25-16-19-6-4-9-23-20(19)29-15-14-26-2/h4,6,9,18H,3,5,7-8,10-17H2,1-2H3,(H2,22,24,25). The molecule has 2 N–H and O–H groups in total. The molecule has 0 radical (unpaired) electrons. The minimum atomic E-state index is 0.469. The number of nitrogens with zero attached hydrogens (tertiary/aromatic N) is 2. The summed E-state index contributed by atoms with van der Waals surface area (Å²) in [5, 5.41) is 6.63. The monoisotopic (exact) mass is 408 g/mol. The summed E-state index contributed by atoms with van der Waals surface area (Å²) >= 11 is 0. The SMILES string of the molecule is CCNC(=NCc1cccnc1OCCOC)NCCCOCC1CCOCC1. The average molecular weight is 409 g/mol. The quantitative estimate of drug-likeness (QED) is 0.293. The predicted molar refractivity (Wildman–Crippen MR) is 113 cm³/mol. The summed E-state index contributed by atoms with van der Waals surface area (Å²) in [4.78, 5) is 8.95. The number of aromatic nitrogens is 1. The Hall–Kier alpha value is -1.90. The molecule has 0 spiro atoms. The van der Waals surface area contributed by atoms with E-state index in [0.29, 0.717) is 31.6 Å². The largest absolute Gasteiger partial charge is 0.475 e. The molecule has 29 heavy (non-hydrogen) atoms. The maximum atomic E-state index is 5.82. The fraction of sp³-hybridized carbons (Fsp3) is 0.714. The maximum absolute atomic E-state index is 5.82. The van der Waals surface area contributed by atoms with Gasteiger partial charge in [0.2, 0.25) is 5.88 Å². The molecule has 1 saturated heterocycles. The molecule has 1 aliphatic rings. The van der Waals surface area contributed by atoms with Gasteiger partial charge < -0.3 is 29.6 Å². The predicted octanol–water partition coefficient (Wildman–Crippen LogP) is 2.00. The van der Waals surface area contributed by atoms with Crippen LogP contribution in [-0.4, -0.2) is 70.8 Å². The maximum Gasteiger partial charge on any atom is 0.218 e. The third kappa shape index (κ3) is 9.92. The van der Waals surface area contributed by atoms with Crippen LogP contribution < -0.4 is 15.4 Å². The van der Waals surface area contributed by atoms with Crippen LogP contribution in [0.1, 0.15) is 31.7 Å². The molecule has 0 saturated carbocycles. The lowest BCUT2D eigenvalue weighted by molar-refractivity contribution is 0.0203. The van der Waals surface area contributed by atoms with Crippen LogP contribution >= 0.6 is 0 Å². The summed E-state index contributed by atoms with van der Waals surface area (Å²) in [6.45, 7) is 8.48. The fourth-order valence-electron chi connectivity index (χ4n) is 2.95. The lowest BCUT2D eigenvalue weighted by Gasteiger charge is -2.21. The van der Waals surface area contributed by atoms with E-state index in [1.165, 1.54) is 0 Å². The van der Waals surface area contributed by atoms with Crippen LogP contribution in [-0.2, 0) is 20.8 Å². The van der Waals surface area contributed by atoms with Gasteiger partial charge in [0.1, 0.15) is 6.61 Å². The number of aliphatic imine (C=N–C) groups is 1. The molecule has 8 nitrogen and oxygen atoms in total. The second-order valence-corrected chi connectivity index (χ2v) is 6.92. The van der Waals surface area contributed by atoms with Crippen molar-refractivity contribution in [3.63, 3.8) is 0 Å². The van der Waals surface area contributed by atoms with Crippen molar-refractivity contribution in [1.82, 2.24) is 15.6 Å². The van der Waals surface area contributed by atoms with Crippen LogP contribution in [0.2, 0.25) is 0 Å². The third-order valence-electron chi connectivity index (χ3n) is 4.58. The Balaban J connectivity index is 1.70. The molecule has 164 valence electrons. The van der Waals surface area contributed by atoms with Crippen molar-refractivity contribution in [3.8, 4) is 5.88 Å². The van der Waals surface area contributed by atoms with E-state index in [0.717, 1.165) is 70.3 Å². The molecule has 1 aromatic heterocycles. The molecule has 0 aromatic carbocycles. The van der Waals surface area contributed by atoms with E-state index in [1.54, 1.807) is 13.3 Å². The summed E-state index contributed by atoms with van der Waals surface area (Å²) in [6.07, 6.45) is 4.88. The van der Waals surface area contributed by atoms with E-state index in [2.05, 4.69) is 27.5 Å². The van der Waals surface area contributed by atoms with E-state index < -0.39 is 0 Å². The fourth-order valence-corrected chi connectivity index (χ4v) is 2.95. The molecule has 1 fully saturated rings. The molecule has 1 aromatic rings. The highest BCUT2D eigenvalue weighted by Crippen LogP contribution is 2.15. The highest BCUT2D eigenvalue weighted by Gasteiger charge is 2.13. The van der Waals surface area contributed by atoms with Crippen molar-refractivity contribution in [3.05, 3.63) is 23.9 Å². The lowest BCUT2D eigenvalue weighted by Crippen LogP contribution is -2.38. The Bertz CT molecular complexity index is 580. The van der Waals surface area contributed by atoms with Gasteiger partial charge in [0, 0.05) is 58.4 Å². The van der Waals surface area contributed by atoms with Gasteiger partial charge in [0.05, 0.1) is 13.2 Å². The zero-order valence-corrected chi connectivity index (χ0v) is 17.8. The summed E-state index contributed by atoms with van der Waals surface area (Å²) in [7, 11) is 1.65.